The Balaban J connectivity index is 1.72. The number of anilines is 1. The molecule has 34 heavy (non-hydrogen) atoms. The number of aromatic nitrogens is 1. The van der Waals surface area contributed by atoms with Gasteiger partial charge in [0.15, 0.2) is 5.43 Å². The highest BCUT2D eigenvalue weighted by Gasteiger charge is 2.44. The van der Waals surface area contributed by atoms with Gasteiger partial charge in [0.1, 0.15) is 17.2 Å². The molecule has 0 radical (unpaired) electrons. The highest BCUT2D eigenvalue weighted by molar-refractivity contribution is 6.10. The first-order chi connectivity index (χ1) is 16.5. The minimum atomic E-state index is -0.673. The van der Waals surface area contributed by atoms with Crippen molar-refractivity contribution in [3.63, 3.8) is 0 Å². The van der Waals surface area contributed by atoms with Gasteiger partial charge in [0, 0.05) is 5.69 Å². The lowest BCUT2D eigenvalue weighted by Crippen LogP contribution is -2.30. The average Bonchev–Trinajstić information content (AvgIpc) is 3.12. The zero-order valence-corrected chi connectivity index (χ0v) is 19.5. The van der Waals surface area contributed by atoms with Crippen LogP contribution in [0.4, 0.5) is 5.82 Å². The number of unbranched alkanes of at least 4 members (excludes halogenated alkanes) is 1. The van der Waals surface area contributed by atoms with Gasteiger partial charge < -0.3 is 9.15 Å². The average molecular weight is 455 g/mol. The predicted molar refractivity (Wildman–Crippen MR) is 132 cm³/mol. The molecule has 1 aliphatic heterocycles. The van der Waals surface area contributed by atoms with Gasteiger partial charge in [-0.25, -0.2) is 4.98 Å². The number of hydrogen-bond acceptors (Lipinski definition) is 5. The zero-order chi connectivity index (χ0) is 23.8. The van der Waals surface area contributed by atoms with Gasteiger partial charge in [-0.05, 0) is 62.2 Å². The number of benzene rings is 2. The fourth-order valence-electron chi connectivity index (χ4n) is 4.41. The van der Waals surface area contributed by atoms with E-state index in [4.69, 9.17) is 9.15 Å². The van der Waals surface area contributed by atoms with Crippen LogP contribution in [0.5, 0.6) is 5.75 Å². The summed E-state index contributed by atoms with van der Waals surface area (Å²) in [5.41, 5.74) is 3.02. The van der Waals surface area contributed by atoms with Gasteiger partial charge >= 0.3 is 0 Å². The van der Waals surface area contributed by atoms with Gasteiger partial charge in [-0.1, -0.05) is 43.2 Å². The van der Waals surface area contributed by atoms with Crippen LogP contribution in [0, 0.1) is 13.8 Å². The first-order valence-electron chi connectivity index (χ1n) is 11.5. The Morgan fingerprint density at radius 1 is 1.03 bits per heavy atom. The van der Waals surface area contributed by atoms with E-state index in [2.05, 4.69) is 11.9 Å². The van der Waals surface area contributed by atoms with Crippen molar-refractivity contribution in [1.29, 1.82) is 0 Å². The van der Waals surface area contributed by atoms with Crippen molar-refractivity contribution in [2.75, 3.05) is 11.5 Å². The summed E-state index contributed by atoms with van der Waals surface area (Å²) in [6.45, 7) is 6.51. The summed E-state index contributed by atoms with van der Waals surface area (Å²) in [6, 6.07) is 17.8. The Kier molecular flexibility index (Phi) is 5.65. The number of aryl methyl sites for hydroxylation is 2. The number of fused-ring (bicyclic) bond motifs is 2. The molecule has 1 unspecified atom stereocenters. The first kappa shape index (κ1) is 21.9. The maximum Gasteiger partial charge on any atom is 0.296 e. The Morgan fingerprint density at radius 2 is 1.85 bits per heavy atom. The lowest BCUT2D eigenvalue weighted by atomic mass is 9.98. The highest BCUT2D eigenvalue weighted by Crippen LogP contribution is 2.41. The smallest absolute Gasteiger partial charge is 0.296 e. The fraction of sp³-hybridized carbons (Fsp3) is 0.250. The molecule has 0 aliphatic carbocycles. The first-order valence-corrected chi connectivity index (χ1v) is 11.5. The van der Waals surface area contributed by atoms with Crippen LogP contribution in [0.1, 0.15) is 58.7 Å². The molecule has 2 aromatic carbocycles. The number of carbonyl (C=O) groups excluding carboxylic acids is 1. The van der Waals surface area contributed by atoms with Gasteiger partial charge in [0.2, 0.25) is 5.76 Å². The molecule has 0 saturated heterocycles. The maximum atomic E-state index is 13.8. The SMILES string of the molecule is CCCCOc1cccc(C2c3c(oc4ccc(C)cc4c3=O)C(=O)N2c2cccc(C)n2)c1. The van der Waals surface area contributed by atoms with Gasteiger partial charge in [0.05, 0.1) is 23.6 Å². The number of ether oxygens (including phenoxy) is 1. The second-order valence-electron chi connectivity index (χ2n) is 8.66. The van der Waals surface area contributed by atoms with Crippen LogP contribution in [0.3, 0.4) is 0 Å². The maximum absolute atomic E-state index is 13.8. The molecule has 172 valence electrons. The van der Waals surface area contributed by atoms with Gasteiger partial charge in [-0.15, -0.1) is 0 Å². The number of rotatable bonds is 6. The largest absolute Gasteiger partial charge is 0.494 e. The molecule has 0 spiro atoms. The molecule has 0 bridgehead atoms. The molecule has 6 heteroatoms. The van der Waals surface area contributed by atoms with Crippen molar-refractivity contribution < 1.29 is 13.9 Å². The van der Waals surface area contributed by atoms with E-state index in [9.17, 15) is 9.59 Å². The minimum absolute atomic E-state index is 0.0620. The lowest BCUT2D eigenvalue weighted by molar-refractivity contribution is 0.0970. The number of pyridine rings is 1. The molecule has 0 N–H and O–H groups in total. The Bertz CT molecular complexity index is 1460. The molecule has 0 saturated carbocycles. The molecule has 3 heterocycles. The number of carbonyl (C=O) groups is 1. The number of amides is 1. The molecule has 1 amide bonds. The third-order valence-corrected chi connectivity index (χ3v) is 6.09. The molecular formula is C28H26N2O4. The fourth-order valence-corrected chi connectivity index (χ4v) is 4.41. The van der Waals surface area contributed by atoms with Crippen LogP contribution in [0.15, 0.2) is 69.9 Å². The van der Waals surface area contributed by atoms with E-state index in [0.29, 0.717) is 34.7 Å². The second-order valence-corrected chi connectivity index (χ2v) is 8.66. The summed E-state index contributed by atoms with van der Waals surface area (Å²) in [5, 5.41) is 0.464. The van der Waals surface area contributed by atoms with Crippen LogP contribution in [-0.2, 0) is 0 Å². The summed E-state index contributed by atoms with van der Waals surface area (Å²) in [5.74, 6) is 0.852. The summed E-state index contributed by atoms with van der Waals surface area (Å²) < 4.78 is 12.0. The van der Waals surface area contributed by atoms with E-state index in [1.807, 2.05) is 56.3 Å². The number of hydrogen-bond donors (Lipinski definition) is 0. The third kappa shape index (κ3) is 3.75. The van der Waals surface area contributed by atoms with Crippen LogP contribution in [-0.4, -0.2) is 17.5 Å². The molecule has 4 aromatic rings. The predicted octanol–water partition coefficient (Wildman–Crippen LogP) is 5.73. The second kappa shape index (κ2) is 8.78. The number of nitrogens with zero attached hydrogens (tertiary/aromatic N) is 2. The van der Waals surface area contributed by atoms with Gasteiger partial charge in [-0.3, -0.25) is 14.5 Å². The van der Waals surface area contributed by atoms with E-state index in [1.165, 1.54) is 0 Å². The summed E-state index contributed by atoms with van der Waals surface area (Å²) >= 11 is 0. The standard InChI is InChI=1S/C28H26N2O4/c1-4-5-14-33-20-10-7-9-19(16-20)25-24-26(31)21-15-17(2)12-13-22(21)34-27(24)28(32)30(25)23-11-6-8-18(3)29-23/h6-13,15-16,25H,4-5,14H2,1-3H3. The monoisotopic (exact) mass is 454 g/mol. The highest BCUT2D eigenvalue weighted by atomic mass is 16.5. The van der Waals surface area contributed by atoms with Gasteiger partial charge in [-0.2, -0.15) is 0 Å². The normalized spacial score (nSPS) is 15.1. The molecule has 5 rings (SSSR count). The van der Waals surface area contributed by atoms with E-state index in [1.54, 1.807) is 23.1 Å². The van der Waals surface area contributed by atoms with Crippen LogP contribution >= 0.6 is 0 Å². The summed E-state index contributed by atoms with van der Waals surface area (Å²) in [4.78, 5) is 33.6. The van der Waals surface area contributed by atoms with E-state index >= 15 is 0 Å². The van der Waals surface area contributed by atoms with E-state index in [-0.39, 0.29) is 17.1 Å². The summed E-state index contributed by atoms with van der Waals surface area (Å²) in [7, 11) is 0. The molecule has 0 fully saturated rings. The van der Waals surface area contributed by atoms with Crippen LogP contribution in [0.2, 0.25) is 0 Å². The molecule has 1 atom stereocenters. The van der Waals surface area contributed by atoms with Crippen LogP contribution in [0.25, 0.3) is 11.0 Å². The van der Waals surface area contributed by atoms with Crippen molar-refractivity contribution in [3.05, 3.63) is 99.0 Å². The Morgan fingerprint density at radius 3 is 2.65 bits per heavy atom. The lowest BCUT2D eigenvalue weighted by Gasteiger charge is -2.24. The van der Waals surface area contributed by atoms with Crippen molar-refractivity contribution in [2.45, 2.75) is 39.7 Å². The molecule has 6 nitrogen and oxygen atoms in total. The Labute approximate surface area is 197 Å². The Hall–Kier alpha value is -3.93. The van der Waals surface area contributed by atoms with E-state index < -0.39 is 6.04 Å². The topological polar surface area (TPSA) is 72.6 Å². The van der Waals surface area contributed by atoms with Gasteiger partial charge in [0.25, 0.3) is 5.91 Å². The molecule has 2 aromatic heterocycles. The summed E-state index contributed by atoms with van der Waals surface area (Å²) in [6.07, 6.45) is 1.98. The van der Waals surface area contributed by atoms with Crippen molar-refractivity contribution >= 4 is 22.7 Å². The quantitative estimate of drug-likeness (QED) is 0.348. The van der Waals surface area contributed by atoms with Crippen molar-refractivity contribution in [2.24, 2.45) is 0 Å². The zero-order valence-electron chi connectivity index (χ0n) is 19.5. The van der Waals surface area contributed by atoms with E-state index in [0.717, 1.165) is 29.7 Å². The minimum Gasteiger partial charge on any atom is -0.494 e. The van der Waals surface area contributed by atoms with Crippen molar-refractivity contribution in [3.8, 4) is 5.75 Å². The van der Waals surface area contributed by atoms with Crippen molar-refractivity contribution in [1.82, 2.24) is 4.98 Å². The van der Waals surface area contributed by atoms with Crippen LogP contribution < -0.4 is 15.1 Å². The molecule has 1 aliphatic rings. The third-order valence-electron chi connectivity index (χ3n) is 6.09. The molecular weight excluding hydrogens is 428 g/mol.